The quantitative estimate of drug-likeness (QED) is 0.838. The van der Waals surface area contributed by atoms with Crippen LogP contribution in [0.1, 0.15) is 57.4 Å². The van der Waals surface area contributed by atoms with Gasteiger partial charge in [-0.1, -0.05) is 62.7 Å². The van der Waals surface area contributed by atoms with Crippen molar-refractivity contribution < 1.29 is 9.53 Å². The number of hydrogen-bond acceptors (Lipinski definition) is 2. The Balaban J connectivity index is 1.95. The predicted molar refractivity (Wildman–Crippen MR) is 103 cm³/mol. The number of benzene rings is 2. The molecule has 2 aromatic carbocycles. The van der Waals surface area contributed by atoms with Crippen molar-refractivity contribution in [3.05, 3.63) is 65.2 Å². The van der Waals surface area contributed by atoms with Crippen LogP contribution in [0.3, 0.4) is 0 Å². The Morgan fingerprint density at radius 1 is 0.960 bits per heavy atom. The standard InChI is InChI=1S/C22H29NO2/c1-15-7-13-20(14-8-15)25-17(3)21(24)23-16(2)18-9-11-19(12-10-18)22(4,5)6/h7-14,16-17H,1-6H3,(H,23,24)/t16-,17+/m1/s1. The second kappa shape index (κ2) is 7.73. The van der Waals surface area contributed by atoms with Crippen LogP contribution in [0, 0.1) is 6.92 Å². The Morgan fingerprint density at radius 3 is 2.04 bits per heavy atom. The van der Waals surface area contributed by atoms with Crippen LogP contribution in [0.5, 0.6) is 5.75 Å². The van der Waals surface area contributed by atoms with Gasteiger partial charge >= 0.3 is 0 Å². The molecule has 0 aliphatic heterocycles. The second-order valence-electron chi connectivity index (χ2n) is 7.68. The van der Waals surface area contributed by atoms with Crippen LogP contribution in [0.2, 0.25) is 0 Å². The largest absolute Gasteiger partial charge is 0.481 e. The Labute approximate surface area is 151 Å². The van der Waals surface area contributed by atoms with Gasteiger partial charge in [-0.05, 0) is 49.4 Å². The maximum Gasteiger partial charge on any atom is 0.261 e. The predicted octanol–water partition coefficient (Wildman–Crippen LogP) is 4.94. The van der Waals surface area contributed by atoms with Crippen LogP contribution >= 0.6 is 0 Å². The van der Waals surface area contributed by atoms with Crippen molar-refractivity contribution in [2.45, 2.75) is 59.1 Å². The fourth-order valence-electron chi connectivity index (χ4n) is 2.56. The molecule has 1 N–H and O–H groups in total. The highest BCUT2D eigenvalue weighted by molar-refractivity contribution is 5.81. The van der Waals surface area contributed by atoms with Gasteiger partial charge < -0.3 is 10.1 Å². The third-order valence-electron chi connectivity index (χ3n) is 4.34. The zero-order valence-corrected chi connectivity index (χ0v) is 16.1. The van der Waals surface area contributed by atoms with Crippen molar-refractivity contribution in [1.82, 2.24) is 5.32 Å². The summed E-state index contributed by atoms with van der Waals surface area (Å²) in [6.07, 6.45) is -0.543. The van der Waals surface area contributed by atoms with Gasteiger partial charge in [-0.25, -0.2) is 0 Å². The lowest BCUT2D eigenvalue weighted by Crippen LogP contribution is -2.37. The molecule has 0 radical (unpaired) electrons. The lowest BCUT2D eigenvalue weighted by atomic mass is 9.86. The average molecular weight is 339 g/mol. The molecule has 1 amide bonds. The van der Waals surface area contributed by atoms with E-state index in [0.717, 1.165) is 11.1 Å². The molecule has 0 heterocycles. The van der Waals surface area contributed by atoms with E-state index in [1.807, 2.05) is 38.1 Å². The summed E-state index contributed by atoms with van der Waals surface area (Å²) in [6, 6.07) is 16.1. The van der Waals surface area contributed by atoms with E-state index in [0.29, 0.717) is 5.75 Å². The zero-order chi connectivity index (χ0) is 18.6. The number of hydrogen-bond donors (Lipinski definition) is 1. The van der Waals surface area contributed by atoms with E-state index < -0.39 is 6.10 Å². The van der Waals surface area contributed by atoms with Crippen LogP contribution in [0.15, 0.2) is 48.5 Å². The Hall–Kier alpha value is -2.29. The fraction of sp³-hybridized carbons (Fsp3) is 0.409. The lowest BCUT2D eigenvalue weighted by Gasteiger charge is -2.22. The fourth-order valence-corrected chi connectivity index (χ4v) is 2.56. The van der Waals surface area contributed by atoms with Gasteiger partial charge in [0, 0.05) is 0 Å². The highest BCUT2D eigenvalue weighted by Gasteiger charge is 2.19. The smallest absolute Gasteiger partial charge is 0.261 e. The molecule has 0 bridgehead atoms. The third kappa shape index (κ3) is 5.35. The summed E-state index contributed by atoms with van der Waals surface area (Å²) in [5.74, 6) is 0.586. The monoisotopic (exact) mass is 339 g/mol. The highest BCUT2D eigenvalue weighted by atomic mass is 16.5. The SMILES string of the molecule is Cc1ccc(O[C@@H](C)C(=O)N[C@H](C)c2ccc(C(C)(C)C)cc2)cc1. The van der Waals surface area contributed by atoms with Gasteiger partial charge in [-0.15, -0.1) is 0 Å². The summed E-state index contributed by atoms with van der Waals surface area (Å²) in [4.78, 5) is 12.4. The first-order valence-corrected chi connectivity index (χ1v) is 8.81. The maximum atomic E-state index is 12.4. The van der Waals surface area contributed by atoms with Gasteiger partial charge in [0.2, 0.25) is 0 Å². The average Bonchev–Trinajstić information content (AvgIpc) is 2.56. The molecule has 3 heteroatoms. The van der Waals surface area contributed by atoms with E-state index >= 15 is 0 Å². The molecular formula is C22H29NO2. The normalized spacial score (nSPS) is 13.8. The number of aryl methyl sites for hydroxylation is 1. The van der Waals surface area contributed by atoms with Crippen LogP contribution in [-0.2, 0) is 10.2 Å². The minimum atomic E-state index is -0.543. The van der Waals surface area contributed by atoms with Gasteiger partial charge in [0.15, 0.2) is 6.10 Å². The number of carbonyl (C=O) groups is 1. The van der Waals surface area contributed by atoms with Crippen LogP contribution < -0.4 is 10.1 Å². The zero-order valence-electron chi connectivity index (χ0n) is 16.1. The summed E-state index contributed by atoms with van der Waals surface area (Å²) in [5, 5.41) is 3.02. The summed E-state index contributed by atoms with van der Waals surface area (Å²) >= 11 is 0. The minimum Gasteiger partial charge on any atom is -0.481 e. The molecule has 25 heavy (non-hydrogen) atoms. The van der Waals surface area contributed by atoms with Gasteiger partial charge in [0.05, 0.1) is 6.04 Å². The van der Waals surface area contributed by atoms with E-state index in [2.05, 4.69) is 50.4 Å². The van der Waals surface area contributed by atoms with Crippen LogP contribution in [0.25, 0.3) is 0 Å². The first-order valence-electron chi connectivity index (χ1n) is 8.81. The molecule has 0 unspecified atom stereocenters. The lowest BCUT2D eigenvalue weighted by molar-refractivity contribution is -0.127. The number of carbonyl (C=O) groups excluding carboxylic acids is 1. The van der Waals surface area contributed by atoms with E-state index in [1.165, 1.54) is 5.56 Å². The van der Waals surface area contributed by atoms with Crippen molar-refractivity contribution in [1.29, 1.82) is 0 Å². The molecule has 2 aromatic rings. The molecule has 0 aliphatic rings. The second-order valence-corrected chi connectivity index (χ2v) is 7.68. The maximum absolute atomic E-state index is 12.4. The summed E-state index contributed by atoms with van der Waals surface area (Å²) in [7, 11) is 0. The van der Waals surface area contributed by atoms with Crippen LogP contribution in [-0.4, -0.2) is 12.0 Å². The molecule has 2 atom stereocenters. The van der Waals surface area contributed by atoms with Crippen molar-refractivity contribution in [3.63, 3.8) is 0 Å². The van der Waals surface area contributed by atoms with E-state index in [1.54, 1.807) is 6.92 Å². The molecule has 3 nitrogen and oxygen atoms in total. The van der Waals surface area contributed by atoms with Crippen molar-refractivity contribution >= 4 is 5.91 Å². The third-order valence-corrected chi connectivity index (χ3v) is 4.34. The topological polar surface area (TPSA) is 38.3 Å². The molecule has 2 rings (SSSR count). The number of rotatable bonds is 5. The molecule has 0 aliphatic carbocycles. The van der Waals surface area contributed by atoms with Crippen molar-refractivity contribution in [2.24, 2.45) is 0 Å². The summed E-state index contributed by atoms with van der Waals surface area (Å²) in [6.45, 7) is 12.4. The Bertz CT molecular complexity index is 696. The molecule has 134 valence electrons. The van der Waals surface area contributed by atoms with Gasteiger partial charge in [0.25, 0.3) is 5.91 Å². The van der Waals surface area contributed by atoms with E-state index in [-0.39, 0.29) is 17.4 Å². The van der Waals surface area contributed by atoms with Crippen molar-refractivity contribution in [3.8, 4) is 5.75 Å². The number of nitrogens with one attached hydrogen (secondary N) is 1. The highest BCUT2D eigenvalue weighted by Crippen LogP contribution is 2.24. The Morgan fingerprint density at radius 2 is 1.52 bits per heavy atom. The summed E-state index contributed by atoms with van der Waals surface area (Å²) < 4.78 is 5.72. The van der Waals surface area contributed by atoms with Crippen LogP contribution in [0.4, 0.5) is 0 Å². The molecule has 0 spiro atoms. The van der Waals surface area contributed by atoms with E-state index in [9.17, 15) is 4.79 Å². The van der Waals surface area contributed by atoms with Gasteiger partial charge in [-0.3, -0.25) is 4.79 Å². The van der Waals surface area contributed by atoms with Gasteiger partial charge in [0.1, 0.15) is 5.75 Å². The molecular weight excluding hydrogens is 310 g/mol. The van der Waals surface area contributed by atoms with Crippen molar-refractivity contribution in [2.75, 3.05) is 0 Å². The molecule has 0 fully saturated rings. The number of ether oxygens (including phenoxy) is 1. The molecule has 0 saturated carbocycles. The number of amides is 1. The molecule has 0 aromatic heterocycles. The summed E-state index contributed by atoms with van der Waals surface area (Å²) in [5.41, 5.74) is 3.66. The van der Waals surface area contributed by atoms with E-state index in [4.69, 9.17) is 4.74 Å². The minimum absolute atomic E-state index is 0.0643. The van der Waals surface area contributed by atoms with Gasteiger partial charge in [-0.2, -0.15) is 0 Å². The Kier molecular flexibility index (Phi) is 5.89. The first kappa shape index (κ1) is 19.0. The molecule has 0 saturated heterocycles. The first-order chi connectivity index (χ1) is 11.7.